The average Bonchev–Trinajstić information content (AvgIpc) is 2.37. The van der Waals surface area contributed by atoms with Crippen LogP contribution in [-0.4, -0.2) is 44.1 Å². The Kier molecular flexibility index (Phi) is 5.79. The molecule has 118 valence electrons. The first-order chi connectivity index (χ1) is 9.23. The topological polar surface area (TPSA) is 102 Å². The maximum absolute atomic E-state index is 12.2. The van der Waals surface area contributed by atoms with Crippen LogP contribution in [0, 0.1) is 0 Å². The molecule has 0 atom stereocenters. The summed E-state index contributed by atoms with van der Waals surface area (Å²) >= 11 is 0. The summed E-state index contributed by atoms with van der Waals surface area (Å²) in [4.78, 5) is 11.5. The molecule has 0 aromatic heterocycles. The van der Waals surface area contributed by atoms with E-state index in [-0.39, 0.29) is 12.6 Å². The summed E-state index contributed by atoms with van der Waals surface area (Å²) in [6, 6.07) is 0. The van der Waals surface area contributed by atoms with Crippen LogP contribution >= 0.6 is 0 Å². The molecule has 0 aromatic rings. The number of amides is 1. The lowest BCUT2D eigenvalue weighted by molar-refractivity contribution is 0.118. The molecule has 0 radical (unpaired) electrons. The van der Waals surface area contributed by atoms with E-state index in [4.69, 9.17) is 10.5 Å². The van der Waals surface area contributed by atoms with E-state index >= 15 is 0 Å². The summed E-state index contributed by atoms with van der Waals surface area (Å²) in [6.07, 6.45) is 3.03. The summed E-state index contributed by atoms with van der Waals surface area (Å²) in [5.74, 6) is 0. The number of ether oxygens (including phenoxy) is 1. The minimum atomic E-state index is -3.95. The van der Waals surface area contributed by atoms with E-state index in [0.717, 1.165) is 19.3 Å². The lowest BCUT2D eigenvalue weighted by Gasteiger charge is -2.42. The van der Waals surface area contributed by atoms with Crippen LogP contribution in [0.25, 0.3) is 0 Å². The zero-order valence-corrected chi connectivity index (χ0v) is 13.2. The molecule has 0 unspecified atom stereocenters. The first-order valence-electron chi connectivity index (χ1n) is 6.91. The van der Waals surface area contributed by atoms with Crippen molar-refractivity contribution >= 4 is 16.3 Å². The molecule has 0 saturated heterocycles. The van der Waals surface area contributed by atoms with Gasteiger partial charge in [-0.05, 0) is 26.7 Å². The Hall–Kier alpha value is -0.860. The molecule has 1 aliphatic rings. The standard InChI is InChI=1S/C12H25N3O4S/c1-10(2)19-11(16)14-20(17,18)15(3)12(9-13)7-5-4-6-8-12/h10H,4-9,13H2,1-3H3,(H,14,16). The summed E-state index contributed by atoms with van der Waals surface area (Å²) < 4.78 is 32.4. The molecule has 1 saturated carbocycles. The molecule has 8 heteroatoms. The second kappa shape index (κ2) is 6.73. The summed E-state index contributed by atoms with van der Waals surface area (Å²) in [5, 5.41) is 0. The Bertz CT molecular complexity index is 430. The van der Waals surface area contributed by atoms with Gasteiger partial charge in [-0.2, -0.15) is 12.7 Å². The fraction of sp³-hybridized carbons (Fsp3) is 0.917. The smallest absolute Gasteiger partial charge is 0.422 e. The van der Waals surface area contributed by atoms with Crippen molar-refractivity contribution < 1.29 is 17.9 Å². The van der Waals surface area contributed by atoms with E-state index in [1.54, 1.807) is 13.8 Å². The lowest BCUT2D eigenvalue weighted by Crippen LogP contribution is -2.58. The van der Waals surface area contributed by atoms with E-state index in [0.29, 0.717) is 12.8 Å². The highest BCUT2D eigenvalue weighted by Gasteiger charge is 2.41. The molecule has 7 nitrogen and oxygen atoms in total. The fourth-order valence-electron chi connectivity index (χ4n) is 2.52. The summed E-state index contributed by atoms with van der Waals surface area (Å²) in [5.41, 5.74) is 5.19. The van der Waals surface area contributed by atoms with Crippen LogP contribution in [0.4, 0.5) is 4.79 Å². The Labute approximate surface area is 121 Å². The predicted molar refractivity (Wildman–Crippen MR) is 76.3 cm³/mol. The second-order valence-corrected chi connectivity index (χ2v) is 7.22. The highest BCUT2D eigenvalue weighted by atomic mass is 32.2. The van der Waals surface area contributed by atoms with Crippen LogP contribution in [0.1, 0.15) is 46.0 Å². The highest BCUT2D eigenvalue weighted by molar-refractivity contribution is 7.87. The fourth-order valence-corrected chi connectivity index (χ4v) is 3.69. The van der Waals surface area contributed by atoms with Crippen LogP contribution in [0.15, 0.2) is 0 Å². The van der Waals surface area contributed by atoms with Crippen molar-refractivity contribution in [1.82, 2.24) is 9.03 Å². The van der Waals surface area contributed by atoms with Gasteiger partial charge in [0.1, 0.15) is 0 Å². The minimum absolute atomic E-state index is 0.240. The van der Waals surface area contributed by atoms with Gasteiger partial charge in [-0.3, -0.25) is 0 Å². The van der Waals surface area contributed by atoms with Gasteiger partial charge in [0.2, 0.25) is 0 Å². The molecule has 0 heterocycles. The molecule has 1 rings (SSSR count). The quantitative estimate of drug-likeness (QED) is 0.787. The number of hydrogen-bond acceptors (Lipinski definition) is 5. The van der Waals surface area contributed by atoms with E-state index in [1.807, 2.05) is 4.72 Å². The van der Waals surface area contributed by atoms with Gasteiger partial charge in [-0.1, -0.05) is 19.3 Å². The maximum Gasteiger partial charge on any atom is 0.422 e. The number of likely N-dealkylation sites (N-methyl/N-ethyl adjacent to an activating group) is 1. The summed E-state index contributed by atoms with van der Waals surface area (Å²) in [6.45, 7) is 3.54. The molecule has 1 amide bonds. The number of rotatable bonds is 5. The predicted octanol–water partition coefficient (Wildman–Crippen LogP) is 0.959. The molecule has 0 spiro atoms. The van der Waals surface area contributed by atoms with Gasteiger partial charge in [-0.15, -0.1) is 0 Å². The van der Waals surface area contributed by atoms with Crippen LogP contribution < -0.4 is 10.5 Å². The molecule has 1 aliphatic carbocycles. The monoisotopic (exact) mass is 307 g/mol. The van der Waals surface area contributed by atoms with Gasteiger partial charge in [0.05, 0.1) is 6.10 Å². The summed E-state index contributed by atoms with van der Waals surface area (Å²) in [7, 11) is -2.49. The van der Waals surface area contributed by atoms with Gasteiger partial charge < -0.3 is 10.5 Å². The third-order valence-corrected chi connectivity index (χ3v) is 5.28. The third kappa shape index (κ3) is 4.07. The molecule has 0 bridgehead atoms. The third-order valence-electron chi connectivity index (χ3n) is 3.75. The molecular formula is C12H25N3O4S. The van der Waals surface area contributed by atoms with Gasteiger partial charge in [0.15, 0.2) is 0 Å². The first kappa shape index (κ1) is 17.2. The van der Waals surface area contributed by atoms with Crippen molar-refractivity contribution in [3.63, 3.8) is 0 Å². The van der Waals surface area contributed by atoms with Crippen molar-refractivity contribution in [3.8, 4) is 0 Å². The highest BCUT2D eigenvalue weighted by Crippen LogP contribution is 2.33. The van der Waals surface area contributed by atoms with Crippen LogP contribution in [0.5, 0.6) is 0 Å². The van der Waals surface area contributed by atoms with Gasteiger partial charge >= 0.3 is 16.3 Å². The largest absolute Gasteiger partial charge is 0.446 e. The Morgan fingerprint density at radius 1 is 1.35 bits per heavy atom. The van der Waals surface area contributed by atoms with Crippen molar-refractivity contribution in [2.45, 2.75) is 57.6 Å². The second-order valence-electron chi connectivity index (χ2n) is 5.52. The Morgan fingerprint density at radius 3 is 2.35 bits per heavy atom. The first-order valence-corrected chi connectivity index (χ1v) is 8.35. The van der Waals surface area contributed by atoms with E-state index in [2.05, 4.69) is 0 Å². The van der Waals surface area contributed by atoms with E-state index in [9.17, 15) is 13.2 Å². The Morgan fingerprint density at radius 2 is 1.90 bits per heavy atom. The number of nitrogens with two attached hydrogens (primary N) is 1. The molecule has 20 heavy (non-hydrogen) atoms. The van der Waals surface area contributed by atoms with Gasteiger partial charge in [-0.25, -0.2) is 9.52 Å². The van der Waals surface area contributed by atoms with Gasteiger partial charge in [0, 0.05) is 19.1 Å². The number of nitrogens with zero attached hydrogens (tertiary/aromatic N) is 1. The number of carbonyl (C=O) groups is 1. The average molecular weight is 307 g/mol. The van der Waals surface area contributed by atoms with Crippen molar-refractivity contribution in [3.05, 3.63) is 0 Å². The van der Waals surface area contributed by atoms with Crippen molar-refractivity contribution in [2.24, 2.45) is 5.73 Å². The minimum Gasteiger partial charge on any atom is -0.446 e. The zero-order chi connectivity index (χ0) is 15.4. The van der Waals surface area contributed by atoms with Gasteiger partial charge in [0.25, 0.3) is 0 Å². The van der Waals surface area contributed by atoms with Crippen LogP contribution in [-0.2, 0) is 14.9 Å². The van der Waals surface area contributed by atoms with Crippen molar-refractivity contribution in [1.29, 1.82) is 0 Å². The zero-order valence-electron chi connectivity index (χ0n) is 12.4. The number of nitrogens with one attached hydrogen (secondary N) is 1. The Balaban J connectivity index is 2.82. The molecular weight excluding hydrogens is 282 g/mol. The molecule has 1 fully saturated rings. The van der Waals surface area contributed by atoms with Crippen molar-refractivity contribution in [2.75, 3.05) is 13.6 Å². The molecule has 0 aliphatic heterocycles. The van der Waals surface area contributed by atoms with Crippen LogP contribution in [0.3, 0.4) is 0 Å². The molecule has 3 N–H and O–H groups in total. The SMILES string of the molecule is CC(C)OC(=O)NS(=O)(=O)N(C)C1(CN)CCCCC1. The number of carbonyl (C=O) groups excluding carboxylic acids is 1. The molecule has 0 aromatic carbocycles. The van der Waals surface area contributed by atoms with E-state index in [1.165, 1.54) is 11.4 Å². The van der Waals surface area contributed by atoms with E-state index < -0.39 is 21.8 Å². The maximum atomic E-state index is 12.2. The lowest BCUT2D eigenvalue weighted by atomic mass is 9.82. The number of hydrogen-bond donors (Lipinski definition) is 2. The normalized spacial score (nSPS) is 19.1. The van der Waals surface area contributed by atoms with Crippen LogP contribution in [0.2, 0.25) is 0 Å².